The molecule has 3 saturated heterocycles. The number of likely N-dealkylation sites (N-methyl/N-ethyl adjacent to an activating group) is 1. The quantitative estimate of drug-likeness (QED) is 0.702. The van der Waals surface area contributed by atoms with E-state index < -0.39 is 0 Å². The van der Waals surface area contributed by atoms with E-state index in [0.29, 0.717) is 25.7 Å². The van der Waals surface area contributed by atoms with Gasteiger partial charge in [-0.15, -0.1) is 0 Å². The third kappa shape index (κ3) is 2.92. The normalized spacial score (nSPS) is 32.3. The minimum absolute atomic E-state index is 0.0174. The van der Waals surface area contributed by atoms with Gasteiger partial charge in [0.1, 0.15) is 0 Å². The first-order chi connectivity index (χ1) is 10.1. The van der Waals surface area contributed by atoms with E-state index in [-0.39, 0.29) is 23.7 Å². The van der Waals surface area contributed by atoms with Gasteiger partial charge in [0.2, 0.25) is 11.8 Å². The molecule has 0 bridgehead atoms. The second kappa shape index (κ2) is 5.93. The van der Waals surface area contributed by atoms with Crippen molar-refractivity contribution in [3.05, 3.63) is 0 Å². The summed E-state index contributed by atoms with van der Waals surface area (Å²) in [5.74, 6) is 0.794. The number of amides is 2. The molecule has 0 radical (unpaired) electrons. The second-order valence-electron chi connectivity index (χ2n) is 6.76. The van der Waals surface area contributed by atoms with E-state index in [2.05, 4.69) is 4.90 Å². The molecule has 3 rings (SSSR count). The number of rotatable bonds is 4. The molecule has 3 atom stereocenters. The van der Waals surface area contributed by atoms with Crippen LogP contribution in [0.25, 0.3) is 0 Å². The van der Waals surface area contributed by atoms with Gasteiger partial charge in [0.15, 0.2) is 0 Å². The Hall–Kier alpha value is -1.14. The van der Waals surface area contributed by atoms with Crippen LogP contribution in [-0.2, 0) is 14.3 Å². The van der Waals surface area contributed by atoms with Crippen LogP contribution in [0.1, 0.15) is 6.42 Å². The number of hydrogen-bond donors (Lipinski definition) is 0. The van der Waals surface area contributed by atoms with E-state index in [1.54, 1.807) is 0 Å². The van der Waals surface area contributed by atoms with Gasteiger partial charge in [0.05, 0.1) is 18.4 Å². The van der Waals surface area contributed by atoms with Gasteiger partial charge in [-0.3, -0.25) is 9.59 Å². The van der Waals surface area contributed by atoms with Crippen molar-refractivity contribution in [3.63, 3.8) is 0 Å². The first-order valence-electron chi connectivity index (χ1n) is 7.86. The molecule has 3 fully saturated rings. The minimum atomic E-state index is 0.0174. The molecule has 3 aliphatic rings. The minimum Gasteiger partial charge on any atom is -0.381 e. The largest absolute Gasteiger partial charge is 0.381 e. The molecule has 6 heteroatoms. The lowest BCUT2D eigenvalue weighted by molar-refractivity contribution is -0.136. The lowest BCUT2D eigenvalue weighted by Crippen LogP contribution is -2.40. The van der Waals surface area contributed by atoms with Crippen molar-refractivity contribution in [1.82, 2.24) is 14.7 Å². The summed E-state index contributed by atoms with van der Waals surface area (Å²) in [6, 6.07) is 0. The Balaban J connectivity index is 1.54. The number of ether oxygens (including phenoxy) is 1. The van der Waals surface area contributed by atoms with Gasteiger partial charge in [-0.2, -0.15) is 0 Å². The Kier molecular flexibility index (Phi) is 4.17. The maximum Gasteiger partial charge on any atom is 0.228 e. The lowest BCUT2D eigenvalue weighted by Gasteiger charge is -2.24. The summed E-state index contributed by atoms with van der Waals surface area (Å²) in [6.07, 6.45) is 0.827. The van der Waals surface area contributed by atoms with Crippen LogP contribution in [0.3, 0.4) is 0 Å². The Morgan fingerprint density at radius 3 is 2.76 bits per heavy atom. The molecule has 6 nitrogen and oxygen atoms in total. The number of carbonyl (C=O) groups is 2. The van der Waals surface area contributed by atoms with E-state index in [9.17, 15) is 9.59 Å². The fourth-order valence-electron chi connectivity index (χ4n) is 3.63. The molecule has 3 heterocycles. The van der Waals surface area contributed by atoms with Crippen molar-refractivity contribution >= 4 is 11.8 Å². The molecule has 0 aliphatic carbocycles. The van der Waals surface area contributed by atoms with Crippen molar-refractivity contribution < 1.29 is 14.3 Å². The maximum atomic E-state index is 12.4. The van der Waals surface area contributed by atoms with Crippen LogP contribution in [0, 0.1) is 17.8 Å². The lowest BCUT2D eigenvalue weighted by atomic mass is 10.0. The molecule has 0 aromatic rings. The highest BCUT2D eigenvalue weighted by atomic mass is 16.5. The van der Waals surface area contributed by atoms with Gasteiger partial charge in [-0.25, -0.2) is 0 Å². The highest BCUT2D eigenvalue weighted by molar-refractivity contribution is 5.85. The highest BCUT2D eigenvalue weighted by Gasteiger charge is 2.48. The molecule has 2 amide bonds. The van der Waals surface area contributed by atoms with Crippen LogP contribution in [-0.4, -0.2) is 86.5 Å². The van der Waals surface area contributed by atoms with Gasteiger partial charge in [-0.1, -0.05) is 0 Å². The Bertz CT molecular complexity index is 420. The first-order valence-corrected chi connectivity index (χ1v) is 7.86. The second-order valence-corrected chi connectivity index (χ2v) is 6.76. The molecule has 118 valence electrons. The number of carbonyl (C=O) groups excluding carboxylic acids is 2. The van der Waals surface area contributed by atoms with E-state index in [1.807, 2.05) is 23.9 Å². The summed E-state index contributed by atoms with van der Waals surface area (Å²) in [4.78, 5) is 30.8. The maximum absolute atomic E-state index is 12.4. The van der Waals surface area contributed by atoms with Crippen LogP contribution < -0.4 is 0 Å². The van der Waals surface area contributed by atoms with Crippen molar-refractivity contribution in [2.45, 2.75) is 6.42 Å². The molecule has 0 unspecified atom stereocenters. The summed E-state index contributed by atoms with van der Waals surface area (Å²) < 4.78 is 5.30. The van der Waals surface area contributed by atoms with Gasteiger partial charge >= 0.3 is 0 Å². The zero-order chi connectivity index (χ0) is 15.0. The molecule has 0 aromatic heterocycles. The summed E-state index contributed by atoms with van der Waals surface area (Å²) in [5, 5.41) is 0. The summed E-state index contributed by atoms with van der Waals surface area (Å²) >= 11 is 0. The SMILES string of the molecule is CN(C)CCN1C[C@@H]2CN(C(=O)[C@H]3CCOC3)C[C@@H]2C1=O. The topological polar surface area (TPSA) is 53.1 Å². The fourth-order valence-corrected chi connectivity index (χ4v) is 3.63. The third-order valence-corrected chi connectivity index (χ3v) is 4.93. The van der Waals surface area contributed by atoms with Crippen molar-refractivity contribution in [1.29, 1.82) is 0 Å². The predicted octanol–water partition coefficient (Wildman–Crippen LogP) is -0.499. The van der Waals surface area contributed by atoms with E-state index in [1.165, 1.54) is 0 Å². The van der Waals surface area contributed by atoms with Crippen molar-refractivity contribution in [3.8, 4) is 0 Å². The Morgan fingerprint density at radius 1 is 1.33 bits per heavy atom. The van der Waals surface area contributed by atoms with Gasteiger partial charge in [0, 0.05) is 45.2 Å². The van der Waals surface area contributed by atoms with E-state index in [4.69, 9.17) is 4.74 Å². The average Bonchev–Trinajstić information content (AvgIpc) is 3.14. The molecule has 3 aliphatic heterocycles. The van der Waals surface area contributed by atoms with Crippen LogP contribution in [0.4, 0.5) is 0 Å². The van der Waals surface area contributed by atoms with Crippen LogP contribution >= 0.6 is 0 Å². The van der Waals surface area contributed by atoms with Crippen molar-refractivity contribution in [2.24, 2.45) is 17.8 Å². The summed E-state index contributed by atoms with van der Waals surface area (Å²) in [7, 11) is 4.04. The first kappa shape index (κ1) is 14.8. The standard InChI is InChI=1S/C15H25N3O3/c1-16(2)4-5-17-7-12-8-18(9-13(12)15(17)20)14(19)11-3-6-21-10-11/h11-13H,3-10H2,1-2H3/t11-,12+,13-/m0/s1. The molecule has 0 N–H and O–H groups in total. The van der Waals surface area contributed by atoms with Gasteiger partial charge in [-0.05, 0) is 20.5 Å². The number of hydrogen-bond acceptors (Lipinski definition) is 4. The molecular weight excluding hydrogens is 270 g/mol. The smallest absolute Gasteiger partial charge is 0.228 e. The zero-order valence-electron chi connectivity index (χ0n) is 13.0. The zero-order valence-corrected chi connectivity index (χ0v) is 13.0. The van der Waals surface area contributed by atoms with Crippen LogP contribution in [0.2, 0.25) is 0 Å². The summed E-state index contributed by atoms with van der Waals surface area (Å²) in [5.41, 5.74) is 0. The third-order valence-electron chi connectivity index (χ3n) is 4.93. The van der Waals surface area contributed by atoms with Gasteiger partial charge in [0.25, 0.3) is 0 Å². The molecule has 0 aromatic carbocycles. The Morgan fingerprint density at radius 2 is 2.14 bits per heavy atom. The van der Waals surface area contributed by atoms with E-state index >= 15 is 0 Å². The molecular formula is C15H25N3O3. The number of fused-ring (bicyclic) bond motifs is 1. The van der Waals surface area contributed by atoms with E-state index in [0.717, 1.165) is 32.6 Å². The van der Waals surface area contributed by atoms with Crippen LogP contribution in [0.5, 0.6) is 0 Å². The average molecular weight is 295 g/mol. The van der Waals surface area contributed by atoms with Gasteiger partial charge < -0.3 is 19.4 Å². The number of nitrogens with zero attached hydrogens (tertiary/aromatic N) is 3. The predicted molar refractivity (Wildman–Crippen MR) is 77.6 cm³/mol. The molecule has 0 spiro atoms. The fraction of sp³-hybridized carbons (Fsp3) is 0.867. The number of likely N-dealkylation sites (tertiary alicyclic amines) is 2. The van der Waals surface area contributed by atoms with Crippen LogP contribution in [0.15, 0.2) is 0 Å². The molecule has 21 heavy (non-hydrogen) atoms. The monoisotopic (exact) mass is 295 g/mol. The Labute approximate surface area is 126 Å². The summed E-state index contributed by atoms with van der Waals surface area (Å²) in [6.45, 7) is 5.09. The highest BCUT2D eigenvalue weighted by Crippen LogP contribution is 2.33. The van der Waals surface area contributed by atoms with Crippen molar-refractivity contribution in [2.75, 3.05) is 60.0 Å². The molecule has 0 saturated carbocycles.